The summed E-state index contributed by atoms with van der Waals surface area (Å²) >= 11 is 0. The summed E-state index contributed by atoms with van der Waals surface area (Å²) in [6.07, 6.45) is 4.74. The van der Waals surface area contributed by atoms with Crippen LogP contribution in [0.5, 0.6) is 0 Å². The van der Waals surface area contributed by atoms with Gasteiger partial charge in [0.15, 0.2) is 0 Å². The number of nitrogens with zero attached hydrogens (tertiary/aromatic N) is 3. The molecule has 5 nitrogen and oxygen atoms in total. The van der Waals surface area contributed by atoms with Crippen LogP contribution in [0.1, 0.15) is 36.2 Å². The van der Waals surface area contributed by atoms with E-state index in [0.29, 0.717) is 30.4 Å². The van der Waals surface area contributed by atoms with Crippen LogP contribution in [0.15, 0.2) is 18.3 Å². The third-order valence-electron chi connectivity index (χ3n) is 3.84. The number of rotatable bonds is 3. The Morgan fingerprint density at radius 2 is 1.90 bits per heavy atom. The number of carbonyl (C=O) groups excluding carboxylic acids is 2. The molecule has 0 spiro atoms. The molecular formula is C15H21N3O2. The van der Waals surface area contributed by atoms with E-state index in [9.17, 15) is 9.59 Å². The Hall–Kier alpha value is -1.91. The van der Waals surface area contributed by atoms with E-state index in [1.807, 2.05) is 19.2 Å². The second-order valence-electron chi connectivity index (χ2n) is 5.48. The highest BCUT2D eigenvalue weighted by molar-refractivity contribution is 5.92. The zero-order chi connectivity index (χ0) is 14.7. The lowest BCUT2D eigenvalue weighted by Crippen LogP contribution is -2.35. The van der Waals surface area contributed by atoms with Crippen LogP contribution in [0, 0.1) is 0 Å². The molecule has 1 fully saturated rings. The number of pyridine rings is 1. The third-order valence-corrected chi connectivity index (χ3v) is 3.84. The van der Waals surface area contributed by atoms with E-state index in [1.54, 1.807) is 20.3 Å². The van der Waals surface area contributed by atoms with E-state index in [2.05, 4.69) is 9.88 Å². The molecule has 0 saturated heterocycles. The van der Waals surface area contributed by atoms with Crippen molar-refractivity contribution in [1.29, 1.82) is 0 Å². The van der Waals surface area contributed by atoms with E-state index in [1.165, 1.54) is 4.90 Å². The minimum absolute atomic E-state index is 0.0981. The van der Waals surface area contributed by atoms with Crippen molar-refractivity contribution in [2.45, 2.75) is 31.7 Å². The second kappa shape index (κ2) is 6.03. The highest BCUT2D eigenvalue weighted by Crippen LogP contribution is 2.24. The molecule has 1 saturated carbocycles. The summed E-state index contributed by atoms with van der Waals surface area (Å²) in [6, 6.07) is 4.08. The lowest BCUT2D eigenvalue weighted by Gasteiger charge is -2.32. The van der Waals surface area contributed by atoms with Gasteiger partial charge in [0, 0.05) is 51.9 Å². The largest absolute Gasteiger partial charge is 0.371 e. The lowest BCUT2D eigenvalue weighted by atomic mass is 9.93. The van der Waals surface area contributed by atoms with Crippen LogP contribution in [0.3, 0.4) is 0 Å². The standard InChI is InChI=1S/C15H21N3O2/c1-17(2)15(20)14-10-12(8-9-16-14)18(3)11-4-6-13(19)7-5-11/h8-11H,4-7H2,1-3H3. The molecule has 0 aromatic carbocycles. The summed E-state index contributed by atoms with van der Waals surface area (Å²) in [5, 5.41) is 0. The summed E-state index contributed by atoms with van der Waals surface area (Å²) in [7, 11) is 5.44. The maximum atomic E-state index is 11.9. The van der Waals surface area contributed by atoms with Gasteiger partial charge < -0.3 is 9.80 Å². The SMILES string of the molecule is CN(C)C(=O)c1cc(N(C)C2CCC(=O)CC2)ccn1. The summed E-state index contributed by atoms with van der Waals surface area (Å²) in [5.74, 6) is 0.256. The van der Waals surface area contributed by atoms with Gasteiger partial charge in [-0.05, 0) is 25.0 Å². The first-order valence-corrected chi connectivity index (χ1v) is 6.91. The molecule has 1 aliphatic rings. The minimum atomic E-state index is -0.0981. The van der Waals surface area contributed by atoms with Gasteiger partial charge in [0.2, 0.25) is 0 Å². The number of hydrogen-bond donors (Lipinski definition) is 0. The van der Waals surface area contributed by atoms with Crippen molar-refractivity contribution in [3.63, 3.8) is 0 Å². The van der Waals surface area contributed by atoms with Gasteiger partial charge in [0.05, 0.1) is 0 Å². The van der Waals surface area contributed by atoms with Crippen molar-refractivity contribution in [3.8, 4) is 0 Å². The average Bonchev–Trinajstić information content (AvgIpc) is 2.46. The van der Waals surface area contributed by atoms with Crippen LogP contribution >= 0.6 is 0 Å². The Labute approximate surface area is 119 Å². The van der Waals surface area contributed by atoms with Gasteiger partial charge in [-0.2, -0.15) is 0 Å². The van der Waals surface area contributed by atoms with E-state index in [-0.39, 0.29) is 5.91 Å². The quantitative estimate of drug-likeness (QED) is 0.843. The smallest absolute Gasteiger partial charge is 0.272 e. The monoisotopic (exact) mass is 275 g/mol. The Bertz CT molecular complexity index is 504. The van der Waals surface area contributed by atoms with E-state index >= 15 is 0 Å². The Morgan fingerprint density at radius 1 is 1.25 bits per heavy atom. The molecule has 0 radical (unpaired) electrons. The first kappa shape index (κ1) is 14.5. The molecule has 1 aliphatic carbocycles. The van der Waals surface area contributed by atoms with E-state index in [0.717, 1.165) is 18.5 Å². The van der Waals surface area contributed by atoms with Crippen LogP contribution < -0.4 is 4.90 Å². The van der Waals surface area contributed by atoms with Crippen LogP contribution in [-0.4, -0.2) is 48.8 Å². The number of ketones is 1. The zero-order valence-corrected chi connectivity index (χ0v) is 12.3. The van der Waals surface area contributed by atoms with Gasteiger partial charge in [-0.3, -0.25) is 14.6 Å². The Balaban J connectivity index is 2.14. The zero-order valence-electron chi connectivity index (χ0n) is 12.3. The van der Waals surface area contributed by atoms with Crippen LogP contribution in [0.2, 0.25) is 0 Å². The number of amides is 1. The molecule has 0 bridgehead atoms. The normalized spacial score (nSPS) is 16.1. The van der Waals surface area contributed by atoms with Crippen LogP contribution in [0.4, 0.5) is 5.69 Å². The Morgan fingerprint density at radius 3 is 2.50 bits per heavy atom. The lowest BCUT2D eigenvalue weighted by molar-refractivity contribution is -0.120. The molecule has 1 aromatic rings. The van der Waals surface area contributed by atoms with Gasteiger partial charge in [0.1, 0.15) is 11.5 Å². The number of carbonyl (C=O) groups is 2. The van der Waals surface area contributed by atoms with Gasteiger partial charge in [-0.1, -0.05) is 0 Å². The molecule has 108 valence electrons. The van der Waals surface area contributed by atoms with Gasteiger partial charge in [-0.25, -0.2) is 0 Å². The topological polar surface area (TPSA) is 53.5 Å². The molecule has 1 amide bonds. The summed E-state index contributed by atoms with van der Waals surface area (Å²) in [5.41, 5.74) is 1.43. The number of anilines is 1. The van der Waals surface area contributed by atoms with Crippen molar-refractivity contribution in [1.82, 2.24) is 9.88 Å². The maximum Gasteiger partial charge on any atom is 0.272 e. The molecule has 0 atom stereocenters. The van der Waals surface area contributed by atoms with Crippen molar-refractivity contribution in [2.75, 3.05) is 26.0 Å². The number of Topliss-reactive ketones (excluding diaryl/α,β-unsaturated/α-hetero) is 1. The van der Waals surface area contributed by atoms with E-state index < -0.39 is 0 Å². The highest BCUT2D eigenvalue weighted by Gasteiger charge is 2.23. The first-order chi connectivity index (χ1) is 9.49. The molecule has 2 rings (SSSR count). The maximum absolute atomic E-state index is 11.9. The minimum Gasteiger partial charge on any atom is -0.371 e. The van der Waals surface area contributed by atoms with Crippen molar-refractivity contribution < 1.29 is 9.59 Å². The summed E-state index contributed by atoms with van der Waals surface area (Å²) < 4.78 is 0. The molecule has 0 N–H and O–H groups in total. The third kappa shape index (κ3) is 3.15. The van der Waals surface area contributed by atoms with Gasteiger partial charge in [0.25, 0.3) is 5.91 Å². The number of aromatic nitrogens is 1. The van der Waals surface area contributed by atoms with Crippen molar-refractivity contribution >= 4 is 17.4 Å². The fourth-order valence-electron chi connectivity index (χ4n) is 2.51. The molecule has 0 aliphatic heterocycles. The Kier molecular flexibility index (Phi) is 4.37. The predicted molar refractivity (Wildman–Crippen MR) is 77.9 cm³/mol. The average molecular weight is 275 g/mol. The predicted octanol–water partition coefficient (Wildman–Crippen LogP) is 1.73. The molecule has 20 heavy (non-hydrogen) atoms. The highest BCUT2D eigenvalue weighted by atomic mass is 16.2. The summed E-state index contributed by atoms with van der Waals surface area (Å²) in [6.45, 7) is 0. The fraction of sp³-hybridized carbons (Fsp3) is 0.533. The molecule has 1 heterocycles. The van der Waals surface area contributed by atoms with Crippen molar-refractivity contribution in [3.05, 3.63) is 24.0 Å². The fourth-order valence-corrected chi connectivity index (χ4v) is 2.51. The summed E-state index contributed by atoms with van der Waals surface area (Å²) in [4.78, 5) is 31.0. The van der Waals surface area contributed by atoms with Crippen LogP contribution in [-0.2, 0) is 4.79 Å². The van der Waals surface area contributed by atoms with E-state index in [4.69, 9.17) is 0 Å². The molecular weight excluding hydrogens is 254 g/mol. The first-order valence-electron chi connectivity index (χ1n) is 6.91. The van der Waals surface area contributed by atoms with Gasteiger partial charge >= 0.3 is 0 Å². The molecule has 1 aromatic heterocycles. The molecule has 5 heteroatoms. The number of hydrogen-bond acceptors (Lipinski definition) is 4. The second-order valence-corrected chi connectivity index (χ2v) is 5.48. The van der Waals surface area contributed by atoms with Gasteiger partial charge in [-0.15, -0.1) is 0 Å². The van der Waals surface area contributed by atoms with Crippen LogP contribution in [0.25, 0.3) is 0 Å². The molecule has 0 unspecified atom stereocenters. The van der Waals surface area contributed by atoms with Crippen molar-refractivity contribution in [2.24, 2.45) is 0 Å².